The standard InChI is InChI=1S/C22H16F5NO3S/c23-16-6-7-20(24)19(11-16)13-4-5-14-8-17(29)12-28(21(14)9-13)32(30,31)18-3-1-2-15(10-18)22(25,26)27/h1-7,9-11,17,29H,8,12H2/t17-/m1/s1. The fraction of sp³-hybridized carbons (Fsp3) is 0.182. The number of sulfonamides is 1. The highest BCUT2D eigenvalue weighted by Crippen LogP contribution is 2.37. The van der Waals surface area contributed by atoms with Crippen LogP contribution in [0, 0.1) is 11.6 Å². The molecule has 0 spiro atoms. The Hall–Kier alpha value is -2.98. The summed E-state index contributed by atoms with van der Waals surface area (Å²) in [4.78, 5) is -0.602. The maximum atomic E-state index is 14.3. The zero-order valence-corrected chi connectivity index (χ0v) is 17.1. The molecular formula is C22H16F5NO3S. The van der Waals surface area contributed by atoms with Crippen molar-refractivity contribution in [1.29, 1.82) is 0 Å². The molecule has 0 unspecified atom stereocenters. The molecule has 0 saturated heterocycles. The summed E-state index contributed by atoms with van der Waals surface area (Å²) in [7, 11) is -4.50. The van der Waals surface area contributed by atoms with Crippen LogP contribution in [0.2, 0.25) is 0 Å². The third-order valence-electron chi connectivity index (χ3n) is 5.17. The van der Waals surface area contributed by atoms with E-state index in [0.717, 1.165) is 40.7 Å². The van der Waals surface area contributed by atoms with Gasteiger partial charge in [0.05, 0.1) is 28.8 Å². The first-order valence-electron chi connectivity index (χ1n) is 9.43. The number of nitrogens with zero attached hydrogens (tertiary/aromatic N) is 1. The van der Waals surface area contributed by atoms with Crippen molar-refractivity contribution in [2.45, 2.75) is 23.6 Å². The van der Waals surface area contributed by atoms with Crippen LogP contribution in [0.4, 0.5) is 27.6 Å². The molecule has 1 atom stereocenters. The highest BCUT2D eigenvalue weighted by molar-refractivity contribution is 7.92. The van der Waals surface area contributed by atoms with Crippen LogP contribution in [-0.2, 0) is 22.6 Å². The van der Waals surface area contributed by atoms with E-state index in [9.17, 15) is 35.5 Å². The molecule has 3 aromatic carbocycles. The molecule has 4 rings (SSSR count). The summed E-state index contributed by atoms with van der Waals surface area (Å²) in [6.07, 6.45) is -5.75. The molecule has 0 fully saturated rings. The van der Waals surface area contributed by atoms with Crippen molar-refractivity contribution in [1.82, 2.24) is 0 Å². The molecule has 0 aromatic heterocycles. The van der Waals surface area contributed by atoms with Gasteiger partial charge in [-0.25, -0.2) is 17.2 Å². The maximum Gasteiger partial charge on any atom is 0.416 e. The number of β-amino-alcohol motifs (C(OH)–C–C–N with tert-alkyl or cyclic N) is 1. The zero-order chi connectivity index (χ0) is 23.3. The lowest BCUT2D eigenvalue weighted by molar-refractivity contribution is -0.137. The summed E-state index contributed by atoms with van der Waals surface area (Å²) >= 11 is 0. The lowest BCUT2D eigenvalue weighted by atomic mass is 9.96. The summed E-state index contributed by atoms with van der Waals surface area (Å²) in [5.41, 5.74) is -0.572. The number of aliphatic hydroxyl groups is 1. The van der Waals surface area contributed by atoms with Gasteiger partial charge in [-0.15, -0.1) is 0 Å². The summed E-state index contributed by atoms with van der Waals surface area (Å²) in [5, 5.41) is 10.2. The van der Waals surface area contributed by atoms with Gasteiger partial charge < -0.3 is 5.11 Å². The maximum absolute atomic E-state index is 14.3. The lowest BCUT2D eigenvalue weighted by Gasteiger charge is -2.33. The van der Waals surface area contributed by atoms with Crippen molar-refractivity contribution in [3.05, 3.63) is 83.4 Å². The van der Waals surface area contributed by atoms with E-state index >= 15 is 0 Å². The molecule has 0 amide bonds. The topological polar surface area (TPSA) is 57.6 Å². The van der Waals surface area contributed by atoms with Crippen molar-refractivity contribution in [2.75, 3.05) is 10.8 Å². The van der Waals surface area contributed by atoms with E-state index in [2.05, 4.69) is 0 Å². The number of anilines is 1. The molecule has 4 nitrogen and oxygen atoms in total. The van der Waals surface area contributed by atoms with Gasteiger partial charge in [-0.1, -0.05) is 18.2 Å². The molecule has 1 aliphatic rings. The Morgan fingerprint density at radius 3 is 2.44 bits per heavy atom. The van der Waals surface area contributed by atoms with Crippen molar-refractivity contribution in [3.8, 4) is 11.1 Å². The number of fused-ring (bicyclic) bond motifs is 1. The Morgan fingerprint density at radius 1 is 0.969 bits per heavy atom. The van der Waals surface area contributed by atoms with Crippen molar-refractivity contribution < 1.29 is 35.5 Å². The Labute approximate surface area is 180 Å². The van der Waals surface area contributed by atoms with Crippen molar-refractivity contribution >= 4 is 15.7 Å². The number of halogens is 5. The molecular weight excluding hydrogens is 453 g/mol. The fourth-order valence-electron chi connectivity index (χ4n) is 3.65. The van der Waals surface area contributed by atoms with Gasteiger partial charge in [0.2, 0.25) is 0 Å². The molecule has 32 heavy (non-hydrogen) atoms. The zero-order valence-electron chi connectivity index (χ0n) is 16.3. The van der Waals surface area contributed by atoms with Crippen LogP contribution in [0.3, 0.4) is 0 Å². The normalized spacial score (nSPS) is 16.7. The highest BCUT2D eigenvalue weighted by Gasteiger charge is 2.36. The largest absolute Gasteiger partial charge is 0.416 e. The first kappa shape index (κ1) is 22.2. The molecule has 168 valence electrons. The average molecular weight is 469 g/mol. The number of benzene rings is 3. The predicted octanol–water partition coefficient (Wildman–Crippen LogP) is 4.76. The van der Waals surface area contributed by atoms with Crippen LogP contribution < -0.4 is 4.31 Å². The molecule has 0 aliphatic carbocycles. The van der Waals surface area contributed by atoms with Gasteiger partial charge in [-0.2, -0.15) is 13.2 Å². The third-order valence-corrected chi connectivity index (χ3v) is 6.95. The Kier molecular flexibility index (Phi) is 5.46. The van der Waals surface area contributed by atoms with Gasteiger partial charge in [-0.3, -0.25) is 4.31 Å². The lowest BCUT2D eigenvalue weighted by Crippen LogP contribution is -2.42. The SMILES string of the molecule is O=S(=O)(c1cccc(C(F)(F)F)c1)N1C[C@H](O)Cc2ccc(-c3cc(F)ccc3F)cc21. The molecule has 0 radical (unpaired) electrons. The van der Waals surface area contributed by atoms with E-state index in [1.54, 1.807) is 0 Å². The van der Waals surface area contributed by atoms with E-state index in [1.807, 2.05) is 0 Å². The van der Waals surface area contributed by atoms with E-state index < -0.39 is 50.9 Å². The Morgan fingerprint density at radius 2 is 1.72 bits per heavy atom. The van der Waals surface area contributed by atoms with Crippen LogP contribution >= 0.6 is 0 Å². The first-order valence-corrected chi connectivity index (χ1v) is 10.9. The molecule has 1 heterocycles. The second kappa shape index (κ2) is 7.86. The van der Waals surface area contributed by atoms with E-state index in [0.29, 0.717) is 11.6 Å². The number of aliphatic hydroxyl groups excluding tert-OH is 1. The second-order valence-corrected chi connectivity index (χ2v) is 9.25. The van der Waals surface area contributed by atoms with Gasteiger partial charge in [0, 0.05) is 12.0 Å². The average Bonchev–Trinajstić information content (AvgIpc) is 2.74. The Balaban J connectivity index is 1.84. The monoisotopic (exact) mass is 469 g/mol. The molecule has 1 aliphatic heterocycles. The van der Waals surface area contributed by atoms with Crippen LogP contribution in [0.1, 0.15) is 11.1 Å². The minimum absolute atomic E-state index is 0.0777. The van der Waals surface area contributed by atoms with E-state index in [1.165, 1.54) is 18.2 Å². The summed E-state index contributed by atoms with van der Waals surface area (Å²) in [5.74, 6) is -1.42. The molecule has 0 saturated carbocycles. The minimum Gasteiger partial charge on any atom is -0.391 e. The number of hydrogen-bond donors (Lipinski definition) is 1. The highest BCUT2D eigenvalue weighted by atomic mass is 32.2. The summed E-state index contributed by atoms with van der Waals surface area (Å²) in [6, 6.07) is 10.4. The van der Waals surface area contributed by atoms with Gasteiger partial charge in [-0.05, 0) is 53.6 Å². The first-order chi connectivity index (χ1) is 15.0. The Bertz CT molecular complexity index is 1290. The number of hydrogen-bond acceptors (Lipinski definition) is 3. The summed E-state index contributed by atoms with van der Waals surface area (Å²) in [6.45, 7) is -0.402. The molecule has 10 heteroatoms. The molecule has 1 N–H and O–H groups in total. The van der Waals surface area contributed by atoms with Crippen molar-refractivity contribution in [2.24, 2.45) is 0 Å². The van der Waals surface area contributed by atoms with Crippen LogP contribution in [-0.4, -0.2) is 26.2 Å². The van der Waals surface area contributed by atoms with Crippen LogP contribution in [0.15, 0.2) is 65.6 Å². The van der Waals surface area contributed by atoms with Gasteiger partial charge >= 0.3 is 6.18 Å². The minimum atomic E-state index is -4.74. The van der Waals surface area contributed by atoms with Crippen LogP contribution in [0.5, 0.6) is 0 Å². The van der Waals surface area contributed by atoms with Crippen molar-refractivity contribution in [3.63, 3.8) is 0 Å². The quantitative estimate of drug-likeness (QED) is 0.563. The number of alkyl halides is 3. The van der Waals surface area contributed by atoms with E-state index in [4.69, 9.17) is 0 Å². The van der Waals surface area contributed by atoms with E-state index in [-0.39, 0.29) is 23.2 Å². The second-order valence-electron chi connectivity index (χ2n) is 7.39. The van der Waals surface area contributed by atoms with Gasteiger partial charge in [0.1, 0.15) is 11.6 Å². The smallest absolute Gasteiger partial charge is 0.391 e. The molecule has 3 aromatic rings. The summed E-state index contributed by atoms with van der Waals surface area (Å²) < 4.78 is 94.5. The predicted molar refractivity (Wildman–Crippen MR) is 107 cm³/mol. The van der Waals surface area contributed by atoms with Gasteiger partial charge in [0.15, 0.2) is 0 Å². The number of rotatable bonds is 3. The molecule has 0 bridgehead atoms. The third kappa shape index (κ3) is 4.07. The van der Waals surface area contributed by atoms with Gasteiger partial charge in [0.25, 0.3) is 10.0 Å². The fourth-order valence-corrected chi connectivity index (χ4v) is 5.23. The van der Waals surface area contributed by atoms with Crippen LogP contribution in [0.25, 0.3) is 11.1 Å².